The molecule has 0 fully saturated rings. The van der Waals surface area contributed by atoms with Crippen molar-refractivity contribution in [3.8, 4) is 0 Å². The Bertz CT molecular complexity index is 599. The molecule has 1 unspecified atom stereocenters. The van der Waals surface area contributed by atoms with Crippen LogP contribution in [0, 0.1) is 0 Å². The van der Waals surface area contributed by atoms with Crippen LogP contribution in [0.5, 0.6) is 0 Å². The second-order valence-corrected chi connectivity index (χ2v) is 4.56. The number of alkyl halides is 3. The fourth-order valence-corrected chi connectivity index (χ4v) is 2.34. The van der Waals surface area contributed by atoms with E-state index in [1.165, 1.54) is 0 Å². The number of aromatic nitrogens is 4. The maximum Gasteiger partial charge on any atom is 0.451 e. The zero-order valence-corrected chi connectivity index (χ0v) is 11.7. The van der Waals surface area contributed by atoms with Crippen LogP contribution < -0.4 is 5.32 Å². The minimum atomic E-state index is -4.47. The van der Waals surface area contributed by atoms with E-state index in [-0.39, 0.29) is 25.0 Å². The highest BCUT2D eigenvalue weighted by Crippen LogP contribution is 2.30. The van der Waals surface area contributed by atoms with Crippen molar-refractivity contribution in [2.24, 2.45) is 0 Å². The number of halogens is 4. The topological polar surface area (TPSA) is 55.6 Å². The Labute approximate surface area is 125 Å². The summed E-state index contributed by atoms with van der Waals surface area (Å²) in [6, 6.07) is 5.17. The van der Waals surface area contributed by atoms with E-state index in [1.54, 1.807) is 12.3 Å². The molecular formula is C12H13ClF3N5. The molecule has 3 heterocycles. The van der Waals surface area contributed by atoms with Gasteiger partial charge in [-0.3, -0.25) is 4.98 Å². The standard InChI is InChI=1S/C12H12F3N5.ClH/c13-12(14,15)11-19-18-10-9(17-5-6-20(10)11)7-8-3-1-2-4-16-8;/h1-4,9,17H,5-7H2;1H. The van der Waals surface area contributed by atoms with Crippen LogP contribution in [0.15, 0.2) is 24.4 Å². The van der Waals surface area contributed by atoms with Gasteiger partial charge in [0.1, 0.15) is 0 Å². The quantitative estimate of drug-likeness (QED) is 0.920. The van der Waals surface area contributed by atoms with Crippen molar-refractivity contribution < 1.29 is 13.2 Å². The van der Waals surface area contributed by atoms with Crippen molar-refractivity contribution >= 4 is 12.4 Å². The summed E-state index contributed by atoms with van der Waals surface area (Å²) in [5.74, 6) is -0.616. The van der Waals surface area contributed by atoms with Crippen molar-refractivity contribution in [3.63, 3.8) is 0 Å². The normalized spacial score (nSPS) is 18.0. The van der Waals surface area contributed by atoms with Gasteiger partial charge in [0.25, 0.3) is 0 Å². The summed E-state index contributed by atoms with van der Waals surface area (Å²) in [5.41, 5.74) is 0.801. The second kappa shape index (κ2) is 5.98. The van der Waals surface area contributed by atoms with Crippen molar-refractivity contribution in [1.29, 1.82) is 0 Å². The smallest absolute Gasteiger partial charge is 0.305 e. The molecule has 1 N–H and O–H groups in total. The fourth-order valence-electron chi connectivity index (χ4n) is 2.34. The summed E-state index contributed by atoms with van der Waals surface area (Å²) in [5, 5.41) is 10.1. The molecule has 0 spiro atoms. The molecule has 0 aromatic carbocycles. The molecule has 114 valence electrons. The van der Waals surface area contributed by atoms with E-state index in [9.17, 15) is 13.2 Å². The van der Waals surface area contributed by atoms with Gasteiger partial charge < -0.3 is 9.88 Å². The number of hydrogen-bond acceptors (Lipinski definition) is 4. The van der Waals surface area contributed by atoms with Gasteiger partial charge in [0.2, 0.25) is 5.82 Å². The zero-order chi connectivity index (χ0) is 14.2. The van der Waals surface area contributed by atoms with E-state index in [2.05, 4.69) is 20.5 Å². The Morgan fingerprint density at radius 1 is 1.29 bits per heavy atom. The largest absolute Gasteiger partial charge is 0.451 e. The third-order valence-electron chi connectivity index (χ3n) is 3.21. The lowest BCUT2D eigenvalue weighted by molar-refractivity contribution is -0.147. The molecule has 5 nitrogen and oxygen atoms in total. The Hall–Kier alpha value is -1.67. The van der Waals surface area contributed by atoms with E-state index in [0.717, 1.165) is 10.3 Å². The predicted octanol–water partition coefficient (Wildman–Crippen LogP) is 2.00. The maximum atomic E-state index is 12.8. The van der Waals surface area contributed by atoms with Gasteiger partial charge >= 0.3 is 6.18 Å². The molecule has 0 radical (unpaired) electrons. The molecule has 0 aliphatic carbocycles. The van der Waals surface area contributed by atoms with Gasteiger partial charge in [-0.05, 0) is 12.1 Å². The number of rotatable bonds is 2. The van der Waals surface area contributed by atoms with Crippen LogP contribution >= 0.6 is 12.4 Å². The van der Waals surface area contributed by atoms with Crippen molar-refractivity contribution in [2.45, 2.75) is 25.2 Å². The highest BCUT2D eigenvalue weighted by molar-refractivity contribution is 5.85. The average molecular weight is 320 g/mol. The monoisotopic (exact) mass is 319 g/mol. The lowest BCUT2D eigenvalue weighted by Crippen LogP contribution is -2.36. The molecule has 1 aliphatic heterocycles. The van der Waals surface area contributed by atoms with E-state index in [0.29, 0.717) is 18.8 Å². The first-order valence-electron chi connectivity index (χ1n) is 6.19. The third-order valence-corrected chi connectivity index (χ3v) is 3.21. The molecule has 0 bridgehead atoms. The lowest BCUT2D eigenvalue weighted by atomic mass is 10.1. The average Bonchev–Trinajstić information content (AvgIpc) is 2.85. The van der Waals surface area contributed by atoms with Crippen LogP contribution in [0.2, 0.25) is 0 Å². The number of nitrogens with one attached hydrogen (secondary N) is 1. The molecule has 2 aromatic heterocycles. The molecule has 1 aliphatic rings. The SMILES string of the molecule is Cl.FC(F)(F)c1nnc2n1CCNC2Cc1ccccn1. The minimum Gasteiger partial charge on any atom is -0.305 e. The van der Waals surface area contributed by atoms with Crippen LogP contribution in [-0.4, -0.2) is 26.3 Å². The van der Waals surface area contributed by atoms with Gasteiger partial charge in [-0.1, -0.05) is 6.07 Å². The van der Waals surface area contributed by atoms with Gasteiger partial charge in [0.05, 0.1) is 6.04 Å². The summed E-state index contributed by atoms with van der Waals surface area (Å²) in [4.78, 5) is 4.18. The molecule has 3 rings (SSSR count). The Balaban J connectivity index is 0.00000161. The Morgan fingerprint density at radius 2 is 2.10 bits per heavy atom. The zero-order valence-electron chi connectivity index (χ0n) is 10.8. The molecule has 0 saturated carbocycles. The lowest BCUT2D eigenvalue weighted by Gasteiger charge is -2.25. The number of hydrogen-bond donors (Lipinski definition) is 1. The maximum absolute atomic E-state index is 12.8. The third kappa shape index (κ3) is 3.16. The summed E-state index contributed by atoms with van der Waals surface area (Å²) < 4.78 is 39.6. The highest BCUT2D eigenvalue weighted by Gasteiger charge is 2.40. The van der Waals surface area contributed by atoms with E-state index in [1.807, 2.05) is 12.1 Å². The van der Waals surface area contributed by atoms with Crippen molar-refractivity contribution in [2.75, 3.05) is 6.54 Å². The minimum absolute atomic E-state index is 0. The first-order valence-corrected chi connectivity index (χ1v) is 6.19. The number of nitrogens with zero attached hydrogens (tertiary/aromatic N) is 4. The van der Waals surface area contributed by atoms with Crippen LogP contribution in [0.4, 0.5) is 13.2 Å². The van der Waals surface area contributed by atoms with E-state index >= 15 is 0 Å². The van der Waals surface area contributed by atoms with Gasteiger partial charge in [-0.15, -0.1) is 22.6 Å². The van der Waals surface area contributed by atoms with Gasteiger partial charge in [0, 0.05) is 31.4 Å². The summed E-state index contributed by atoms with van der Waals surface area (Å²) in [6.07, 6.45) is -2.33. The fraction of sp³-hybridized carbons (Fsp3) is 0.417. The highest BCUT2D eigenvalue weighted by atomic mass is 35.5. The van der Waals surface area contributed by atoms with Crippen molar-refractivity contribution in [3.05, 3.63) is 41.7 Å². The summed E-state index contributed by atoms with van der Waals surface area (Å²) in [7, 11) is 0. The molecular weight excluding hydrogens is 307 g/mol. The van der Waals surface area contributed by atoms with Gasteiger partial charge in [0.15, 0.2) is 5.82 Å². The first kappa shape index (κ1) is 15.7. The Kier molecular flexibility index (Phi) is 4.48. The molecule has 1 atom stereocenters. The summed E-state index contributed by atoms with van der Waals surface area (Å²) in [6.45, 7) is 0.668. The van der Waals surface area contributed by atoms with Crippen LogP contribution in [0.3, 0.4) is 0 Å². The molecule has 0 amide bonds. The van der Waals surface area contributed by atoms with E-state index in [4.69, 9.17) is 0 Å². The molecule has 9 heteroatoms. The van der Waals surface area contributed by atoms with Crippen molar-refractivity contribution in [1.82, 2.24) is 25.1 Å². The van der Waals surface area contributed by atoms with Crippen LogP contribution in [-0.2, 0) is 19.1 Å². The predicted molar refractivity (Wildman–Crippen MR) is 71.0 cm³/mol. The van der Waals surface area contributed by atoms with Gasteiger partial charge in [-0.25, -0.2) is 0 Å². The van der Waals surface area contributed by atoms with Crippen LogP contribution in [0.25, 0.3) is 0 Å². The first-order chi connectivity index (χ1) is 9.55. The van der Waals surface area contributed by atoms with Gasteiger partial charge in [-0.2, -0.15) is 13.2 Å². The molecule has 0 saturated heterocycles. The Morgan fingerprint density at radius 3 is 2.76 bits per heavy atom. The number of fused-ring (bicyclic) bond motifs is 1. The van der Waals surface area contributed by atoms with E-state index < -0.39 is 12.0 Å². The number of pyridine rings is 1. The summed E-state index contributed by atoms with van der Waals surface area (Å²) >= 11 is 0. The molecule has 21 heavy (non-hydrogen) atoms. The second-order valence-electron chi connectivity index (χ2n) is 4.56. The van der Waals surface area contributed by atoms with Crippen LogP contribution in [0.1, 0.15) is 23.4 Å². The molecule has 2 aromatic rings.